The second-order valence-corrected chi connectivity index (χ2v) is 8.88. The summed E-state index contributed by atoms with van der Waals surface area (Å²) in [7, 11) is 0. The highest BCUT2D eigenvalue weighted by atomic mass is 16.2. The van der Waals surface area contributed by atoms with E-state index in [1.807, 2.05) is 60.9 Å². The number of hydrogen-bond donors (Lipinski definition) is 1. The molecule has 3 aromatic rings. The van der Waals surface area contributed by atoms with Crippen molar-refractivity contribution in [2.24, 2.45) is 5.10 Å². The smallest absolute Gasteiger partial charge is 0.326 e. The summed E-state index contributed by atoms with van der Waals surface area (Å²) in [5.41, 5.74) is 4.73. The topological polar surface area (TPSA) is 90.8 Å². The molecule has 2 aromatic carbocycles. The number of nitrogens with zero attached hydrogens (tertiary/aromatic N) is 4. The molecule has 0 atom stereocenters. The van der Waals surface area contributed by atoms with Gasteiger partial charge in [-0.1, -0.05) is 24.3 Å². The Bertz CT molecular complexity index is 1330. The monoisotopic (exact) mass is 445 g/mol. The Hall–Kier alpha value is -3.68. The fourth-order valence-electron chi connectivity index (χ4n) is 4.79. The SMILES string of the molecule is Cc1ccc(C)c(N2N=C(C(=O)N3CCC(n4c(=O)[nH]c5ccccc54)CC3)CCC2=O)c1. The third-order valence-corrected chi connectivity index (χ3v) is 6.61. The predicted octanol–water partition coefficient (Wildman–Crippen LogP) is 3.29. The van der Waals surface area contributed by atoms with Gasteiger partial charge in [-0.3, -0.25) is 14.2 Å². The number of H-pyrrole nitrogens is 1. The lowest BCUT2D eigenvalue weighted by atomic mass is 10.0. The number of hydrazone groups is 1. The Morgan fingerprint density at radius 3 is 2.58 bits per heavy atom. The van der Waals surface area contributed by atoms with Crippen LogP contribution in [-0.4, -0.2) is 45.1 Å². The zero-order valence-electron chi connectivity index (χ0n) is 18.9. The maximum Gasteiger partial charge on any atom is 0.326 e. The Morgan fingerprint density at radius 1 is 1.03 bits per heavy atom. The van der Waals surface area contributed by atoms with Gasteiger partial charge in [0.05, 0.1) is 16.7 Å². The van der Waals surface area contributed by atoms with Gasteiger partial charge >= 0.3 is 5.69 Å². The number of fused-ring (bicyclic) bond motifs is 1. The van der Waals surface area contributed by atoms with Crippen LogP contribution in [0.4, 0.5) is 5.69 Å². The number of aromatic nitrogens is 2. The fraction of sp³-hybridized carbons (Fsp3) is 0.360. The van der Waals surface area contributed by atoms with Crippen molar-refractivity contribution in [2.45, 2.75) is 45.6 Å². The molecule has 1 aromatic heterocycles. The highest BCUT2D eigenvalue weighted by molar-refractivity contribution is 6.40. The first kappa shape index (κ1) is 21.2. The van der Waals surface area contributed by atoms with Crippen LogP contribution in [0.25, 0.3) is 11.0 Å². The summed E-state index contributed by atoms with van der Waals surface area (Å²) < 4.78 is 1.82. The van der Waals surface area contributed by atoms with Crippen LogP contribution in [0.1, 0.15) is 42.9 Å². The number of imidazole rings is 1. The summed E-state index contributed by atoms with van der Waals surface area (Å²) in [5.74, 6) is -0.222. The van der Waals surface area contributed by atoms with Crippen molar-refractivity contribution in [1.29, 1.82) is 0 Å². The minimum Gasteiger partial charge on any atom is -0.337 e. The van der Waals surface area contributed by atoms with Crippen LogP contribution in [0.2, 0.25) is 0 Å². The lowest BCUT2D eigenvalue weighted by molar-refractivity contribution is -0.125. The number of hydrogen-bond acceptors (Lipinski definition) is 4. The van der Waals surface area contributed by atoms with Crippen LogP contribution in [0.3, 0.4) is 0 Å². The molecule has 170 valence electrons. The quantitative estimate of drug-likeness (QED) is 0.671. The fourth-order valence-corrected chi connectivity index (χ4v) is 4.79. The van der Waals surface area contributed by atoms with Crippen molar-refractivity contribution in [3.05, 3.63) is 64.1 Å². The first-order valence-electron chi connectivity index (χ1n) is 11.4. The highest BCUT2D eigenvalue weighted by Crippen LogP contribution is 2.28. The van der Waals surface area contributed by atoms with Gasteiger partial charge < -0.3 is 9.88 Å². The molecule has 0 spiro atoms. The zero-order valence-corrected chi connectivity index (χ0v) is 18.9. The van der Waals surface area contributed by atoms with E-state index in [-0.39, 0.29) is 30.0 Å². The molecule has 1 N–H and O–H groups in total. The minimum absolute atomic E-state index is 0.0408. The number of para-hydroxylation sites is 2. The van der Waals surface area contributed by atoms with Crippen molar-refractivity contribution in [3.63, 3.8) is 0 Å². The van der Waals surface area contributed by atoms with Crippen molar-refractivity contribution < 1.29 is 9.59 Å². The van der Waals surface area contributed by atoms with Crippen LogP contribution in [0.15, 0.2) is 52.4 Å². The third-order valence-electron chi connectivity index (χ3n) is 6.61. The number of amides is 2. The highest BCUT2D eigenvalue weighted by Gasteiger charge is 2.32. The molecule has 2 aliphatic rings. The molecule has 0 saturated carbocycles. The van der Waals surface area contributed by atoms with Crippen molar-refractivity contribution in [3.8, 4) is 0 Å². The van der Waals surface area contributed by atoms with E-state index in [4.69, 9.17) is 0 Å². The molecular weight excluding hydrogens is 418 g/mol. The van der Waals surface area contributed by atoms with Crippen LogP contribution < -0.4 is 10.7 Å². The summed E-state index contributed by atoms with van der Waals surface area (Å²) in [5, 5.41) is 5.87. The lowest BCUT2D eigenvalue weighted by Crippen LogP contribution is -2.45. The van der Waals surface area contributed by atoms with E-state index in [2.05, 4.69) is 10.1 Å². The molecule has 2 aliphatic heterocycles. The molecule has 0 unspecified atom stereocenters. The van der Waals surface area contributed by atoms with E-state index in [0.29, 0.717) is 38.1 Å². The number of aryl methyl sites for hydroxylation is 2. The molecule has 5 rings (SSSR count). The molecule has 0 radical (unpaired) electrons. The Morgan fingerprint density at radius 2 is 1.79 bits per heavy atom. The van der Waals surface area contributed by atoms with Crippen LogP contribution in [-0.2, 0) is 9.59 Å². The molecule has 0 aliphatic carbocycles. The molecule has 0 bridgehead atoms. The van der Waals surface area contributed by atoms with Gasteiger partial charge in [0.15, 0.2) is 0 Å². The van der Waals surface area contributed by atoms with E-state index in [9.17, 15) is 14.4 Å². The summed E-state index contributed by atoms with van der Waals surface area (Å²) in [6.45, 7) is 5.00. The molecule has 8 heteroatoms. The minimum atomic E-state index is -0.123. The summed E-state index contributed by atoms with van der Waals surface area (Å²) in [6, 6.07) is 13.6. The van der Waals surface area contributed by atoms with E-state index < -0.39 is 0 Å². The average Bonchev–Trinajstić information content (AvgIpc) is 3.16. The third kappa shape index (κ3) is 3.86. The Labute approximate surface area is 191 Å². The number of benzene rings is 2. The number of nitrogens with one attached hydrogen (secondary N) is 1. The van der Waals surface area contributed by atoms with E-state index in [0.717, 1.165) is 27.8 Å². The maximum atomic E-state index is 13.2. The van der Waals surface area contributed by atoms with Gasteiger partial charge in [0.25, 0.3) is 5.91 Å². The van der Waals surface area contributed by atoms with Crippen molar-refractivity contribution >= 4 is 34.2 Å². The van der Waals surface area contributed by atoms with Crippen LogP contribution in [0, 0.1) is 13.8 Å². The summed E-state index contributed by atoms with van der Waals surface area (Å²) in [6.07, 6.45) is 2.00. The van der Waals surface area contributed by atoms with E-state index in [1.165, 1.54) is 5.01 Å². The van der Waals surface area contributed by atoms with Gasteiger partial charge in [-0.15, -0.1) is 0 Å². The van der Waals surface area contributed by atoms with Gasteiger partial charge in [0, 0.05) is 32.0 Å². The number of anilines is 1. The average molecular weight is 446 g/mol. The second-order valence-electron chi connectivity index (χ2n) is 8.88. The molecule has 1 saturated heterocycles. The van der Waals surface area contributed by atoms with Gasteiger partial charge in [-0.25, -0.2) is 9.80 Å². The van der Waals surface area contributed by atoms with Gasteiger partial charge in [0.1, 0.15) is 5.71 Å². The summed E-state index contributed by atoms with van der Waals surface area (Å²) in [4.78, 5) is 43.1. The number of piperidine rings is 1. The molecule has 8 nitrogen and oxygen atoms in total. The predicted molar refractivity (Wildman–Crippen MR) is 127 cm³/mol. The standard InChI is InChI=1S/C25H27N5O3/c1-16-7-8-17(2)22(15-16)30-23(31)10-9-20(27-30)24(32)28-13-11-18(12-14-28)29-21-6-4-3-5-19(21)26-25(29)33/h3-8,15,18H,9-14H2,1-2H3,(H,26,33). The maximum absolute atomic E-state index is 13.2. The second kappa shape index (κ2) is 8.35. The zero-order chi connectivity index (χ0) is 23.1. The lowest BCUT2D eigenvalue weighted by Gasteiger charge is -2.34. The molecular formula is C25H27N5O3. The summed E-state index contributed by atoms with van der Waals surface area (Å²) >= 11 is 0. The molecule has 2 amide bonds. The number of rotatable bonds is 3. The van der Waals surface area contributed by atoms with Crippen molar-refractivity contribution in [1.82, 2.24) is 14.5 Å². The molecule has 33 heavy (non-hydrogen) atoms. The normalized spacial score (nSPS) is 17.5. The van der Waals surface area contributed by atoms with Gasteiger partial charge in [-0.2, -0.15) is 5.10 Å². The number of likely N-dealkylation sites (tertiary alicyclic amines) is 1. The Balaban J connectivity index is 1.33. The first-order valence-corrected chi connectivity index (χ1v) is 11.4. The van der Waals surface area contributed by atoms with Crippen LogP contribution in [0.5, 0.6) is 0 Å². The number of carbonyl (C=O) groups is 2. The van der Waals surface area contributed by atoms with Crippen LogP contribution >= 0.6 is 0 Å². The number of aromatic amines is 1. The van der Waals surface area contributed by atoms with Gasteiger partial charge in [0.2, 0.25) is 5.91 Å². The van der Waals surface area contributed by atoms with Gasteiger partial charge in [-0.05, 0) is 56.0 Å². The van der Waals surface area contributed by atoms with E-state index in [1.54, 1.807) is 4.90 Å². The largest absolute Gasteiger partial charge is 0.337 e. The first-order chi connectivity index (χ1) is 15.9. The Kier molecular flexibility index (Phi) is 5.36. The van der Waals surface area contributed by atoms with Crippen molar-refractivity contribution in [2.75, 3.05) is 18.1 Å². The molecule has 1 fully saturated rings. The number of carbonyl (C=O) groups excluding carboxylic acids is 2. The van der Waals surface area contributed by atoms with E-state index >= 15 is 0 Å². The molecule has 3 heterocycles.